The minimum Gasteiger partial charge on any atom is -0.324 e. The van der Waals surface area contributed by atoms with Gasteiger partial charge in [0.25, 0.3) is 0 Å². The lowest BCUT2D eigenvalue weighted by Gasteiger charge is -2.18. The molecule has 0 radical (unpaired) electrons. The third kappa shape index (κ3) is 3.70. The van der Waals surface area contributed by atoms with Gasteiger partial charge in [-0.3, -0.25) is 0 Å². The summed E-state index contributed by atoms with van der Waals surface area (Å²) in [5.41, 5.74) is 4.67. The number of halogens is 4. The van der Waals surface area contributed by atoms with E-state index in [2.05, 4.69) is 0 Å². The highest BCUT2D eigenvalue weighted by molar-refractivity contribution is 5.32. The van der Waals surface area contributed by atoms with E-state index in [1.54, 1.807) is 0 Å². The first kappa shape index (κ1) is 14.0. The van der Waals surface area contributed by atoms with Gasteiger partial charge in [0.05, 0.1) is 5.56 Å². The van der Waals surface area contributed by atoms with Crippen LogP contribution in [0.2, 0.25) is 0 Å². The van der Waals surface area contributed by atoms with E-state index in [0.717, 1.165) is 31.0 Å². The van der Waals surface area contributed by atoms with E-state index in [-0.39, 0.29) is 5.56 Å². The average Bonchev–Trinajstić information content (AvgIpc) is 2.24. The second kappa shape index (κ2) is 5.49. The van der Waals surface area contributed by atoms with Crippen molar-refractivity contribution in [1.29, 1.82) is 0 Å². The van der Waals surface area contributed by atoms with Crippen molar-refractivity contribution in [2.45, 2.75) is 38.4 Å². The molecule has 0 aliphatic rings. The zero-order chi connectivity index (χ0) is 13.1. The molecule has 1 aromatic carbocycles. The van der Waals surface area contributed by atoms with Crippen LogP contribution in [0.4, 0.5) is 17.6 Å². The van der Waals surface area contributed by atoms with Crippen LogP contribution in [0, 0.1) is 5.82 Å². The first-order chi connectivity index (χ1) is 7.86. The Morgan fingerprint density at radius 1 is 1.29 bits per heavy atom. The van der Waals surface area contributed by atoms with Gasteiger partial charge in [0.1, 0.15) is 5.82 Å². The van der Waals surface area contributed by atoms with Crippen LogP contribution < -0.4 is 5.73 Å². The Labute approximate surface area is 97.6 Å². The Kier molecular flexibility index (Phi) is 4.51. The Bertz CT molecular complexity index is 373. The number of hydrogen-bond acceptors (Lipinski definition) is 1. The summed E-state index contributed by atoms with van der Waals surface area (Å²) in [6.45, 7) is 1.92. The van der Waals surface area contributed by atoms with E-state index < -0.39 is 23.6 Å². The fourth-order valence-corrected chi connectivity index (χ4v) is 1.68. The van der Waals surface area contributed by atoms with Gasteiger partial charge in [-0.25, -0.2) is 4.39 Å². The van der Waals surface area contributed by atoms with Crippen molar-refractivity contribution in [3.8, 4) is 0 Å². The highest BCUT2D eigenvalue weighted by Gasteiger charge is 2.34. The fourth-order valence-electron chi connectivity index (χ4n) is 1.68. The summed E-state index contributed by atoms with van der Waals surface area (Å²) < 4.78 is 51.0. The number of nitrogens with two attached hydrogens (primary N) is 1. The van der Waals surface area contributed by atoms with Crippen molar-refractivity contribution in [3.63, 3.8) is 0 Å². The third-order valence-electron chi connectivity index (χ3n) is 2.59. The van der Waals surface area contributed by atoms with Crippen molar-refractivity contribution in [2.75, 3.05) is 0 Å². The molecular weight excluding hydrogens is 234 g/mol. The minimum absolute atomic E-state index is 0.161. The molecule has 0 bridgehead atoms. The molecule has 0 aliphatic carbocycles. The summed E-state index contributed by atoms with van der Waals surface area (Å²) in [4.78, 5) is 0. The van der Waals surface area contributed by atoms with Crippen molar-refractivity contribution in [3.05, 3.63) is 35.1 Å². The molecule has 0 unspecified atom stereocenters. The SMILES string of the molecule is CCCC[C@@H](N)c1cc(F)ccc1C(F)(F)F. The van der Waals surface area contributed by atoms with E-state index >= 15 is 0 Å². The molecular formula is C12H15F4N. The van der Waals surface area contributed by atoms with Gasteiger partial charge in [0.2, 0.25) is 0 Å². The van der Waals surface area contributed by atoms with Gasteiger partial charge in [0.15, 0.2) is 0 Å². The molecule has 1 rings (SSSR count). The molecule has 0 aromatic heterocycles. The summed E-state index contributed by atoms with van der Waals surface area (Å²) in [7, 11) is 0. The number of hydrogen-bond donors (Lipinski definition) is 1. The zero-order valence-corrected chi connectivity index (χ0v) is 9.52. The number of alkyl halides is 3. The lowest BCUT2D eigenvalue weighted by atomic mass is 9.96. The van der Waals surface area contributed by atoms with Gasteiger partial charge in [0, 0.05) is 6.04 Å². The summed E-state index contributed by atoms with van der Waals surface area (Å²) >= 11 is 0. The molecule has 0 fully saturated rings. The van der Waals surface area contributed by atoms with Crippen LogP contribution in [0.25, 0.3) is 0 Å². The Balaban J connectivity index is 3.07. The molecule has 2 N–H and O–H groups in total. The first-order valence-corrected chi connectivity index (χ1v) is 5.48. The van der Waals surface area contributed by atoms with E-state index in [1.807, 2.05) is 6.92 Å². The molecule has 0 spiro atoms. The van der Waals surface area contributed by atoms with Gasteiger partial charge in [-0.1, -0.05) is 19.8 Å². The molecule has 0 aliphatic heterocycles. The Morgan fingerprint density at radius 2 is 1.94 bits per heavy atom. The highest BCUT2D eigenvalue weighted by atomic mass is 19.4. The fraction of sp³-hybridized carbons (Fsp3) is 0.500. The van der Waals surface area contributed by atoms with Crippen LogP contribution in [0.3, 0.4) is 0 Å². The number of benzene rings is 1. The normalized spacial score (nSPS) is 13.8. The summed E-state index contributed by atoms with van der Waals surface area (Å²) in [5.74, 6) is -0.694. The summed E-state index contributed by atoms with van der Waals surface area (Å²) in [6.07, 6.45) is -2.52. The second-order valence-corrected chi connectivity index (χ2v) is 3.98. The smallest absolute Gasteiger partial charge is 0.324 e. The maximum absolute atomic E-state index is 13.0. The van der Waals surface area contributed by atoms with Crippen LogP contribution in [-0.2, 0) is 6.18 Å². The third-order valence-corrected chi connectivity index (χ3v) is 2.59. The Morgan fingerprint density at radius 3 is 2.47 bits per heavy atom. The molecule has 1 atom stereocenters. The minimum atomic E-state index is -4.49. The van der Waals surface area contributed by atoms with E-state index in [9.17, 15) is 17.6 Å². The molecule has 0 amide bonds. The molecule has 0 heterocycles. The summed E-state index contributed by atoms with van der Waals surface area (Å²) in [5, 5.41) is 0. The predicted molar refractivity (Wildman–Crippen MR) is 57.9 cm³/mol. The zero-order valence-electron chi connectivity index (χ0n) is 9.52. The van der Waals surface area contributed by atoms with Crippen molar-refractivity contribution in [2.24, 2.45) is 5.73 Å². The van der Waals surface area contributed by atoms with Gasteiger partial charge >= 0.3 is 6.18 Å². The maximum Gasteiger partial charge on any atom is 0.416 e. The number of unbranched alkanes of at least 4 members (excludes halogenated alkanes) is 1. The molecule has 1 nitrogen and oxygen atoms in total. The van der Waals surface area contributed by atoms with Crippen LogP contribution >= 0.6 is 0 Å². The van der Waals surface area contributed by atoms with E-state index in [0.29, 0.717) is 6.42 Å². The van der Waals surface area contributed by atoms with Gasteiger partial charge in [-0.05, 0) is 30.2 Å². The largest absolute Gasteiger partial charge is 0.416 e. The van der Waals surface area contributed by atoms with Gasteiger partial charge in [-0.15, -0.1) is 0 Å². The molecule has 17 heavy (non-hydrogen) atoms. The predicted octanol–water partition coefficient (Wildman–Crippen LogP) is 4.03. The molecule has 96 valence electrons. The summed E-state index contributed by atoms with van der Waals surface area (Å²) in [6, 6.07) is 1.65. The standard InChI is InChI=1S/C12H15F4N/c1-2-3-4-11(17)9-7-8(13)5-6-10(9)12(14,15)16/h5-7,11H,2-4,17H2,1H3/t11-/m1/s1. The molecule has 5 heteroatoms. The maximum atomic E-state index is 13.0. The number of rotatable bonds is 4. The quantitative estimate of drug-likeness (QED) is 0.801. The topological polar surface area (TPSA) is 26.0 Å². The molecule has 1 aromatic rings. The van der Waals surface area contributed by atoms with Crippen LogP contribution in [0.1, 0.15) is 43.4 Å². The van der Waals surface area contributed by atoms with Crippen molar-refractivity contribution in [1.82, 2.24) is 0 Å². The van der Waals surface area contributed by atoms with Crippen LogP contribution in [0.15, 0.2) is 18.2 Å². The molecule has 0 saturated carbocycles. The lowest BCUT2D eigenvalue weighted by Crippen LogP contribution is -2.17. The second-order valence-electron chi connectivity index (χ2n) is 3.98. The van der Waals surface area contributed by atoms with Crippen molar-refractivity contribution >= 4 is 0 Å². The first-order valence-electron chi connectivity index (χ1n) is 5.48. The van der Waals surface area contributed by atoms with Crippen LogP contribution in [0.5, 0.6) is 0 Å². The van der Waals surface area contributed by atoms with Crippen molar-refractivity contribution < 1.29 is 17.6 Å². The highest BCUT2D eigenvalue weighted by Crippen LogP contribution is 2.35. The van der Waals surface area contributed by atoms with Gasteiger partial charge < -0.3 is 5.73 Å². The van der Waals surface area contributed by atoms with Gasteiger partial charge in [-0.2, -0.15) is 13.2 Å². The Hall–Kier alpha value is -1.10. The average molecular weight is 249 g/mol. The van der Waals surface area contributed by atoms with E-state index in [1.165, 1.54) is 0 Å². The van der Waals surface area contributed by atoms with E-state index in [4.69, 9.17) is 5.73 Å². The monoisotopic (exact) mass is 249 g/mol. The molecule has 0 saturated heterocycles. The lowest BCUT2D eigenvalue weighted by molar-refractivity contribution is -0.138. The van der Waals surface area contributed by atoms with Crippen LogP contribution in [-0.4, -0.2) is 0 Å².